The number of hydrogen-bond acceptors (Lipinski definition) is 4. The fraction of sp³-hybridized carbons (Fsp3) is 0.933. The van der Waals surface area contributed by atoms with Gasteiger partial charge in [0.1, 0.15) is 0 Å². The highest BCUT2D eigenvalue weighted by atomic mass is 32.2. The standard InChI is InChI=1S/C15H28N2O2S/c1-13(2)12-20-11-8-16-5-3-4-14(16)15(18)17-6-9-19-10-7-17/h13-14H,3-12H2,1-2H3/t14-/m1/s1. The Kier molecular flexibility index (Phi) is 6.65. The van der Waals surface area contributed by atoms with E-state index in [1.54, 1.807) is 0 Å². The Hall–Kier alpha value is -0.260. The monoisotopic (exact) mass is 300 g/mol. The first-order valence-electron chi connectivity index (χ1n) is 7.87. The third-order valence-electron chi connectivity index (χ3n) is 3.95. The molecular formula is C15H28N2O2S. The molecule has 0 bridgehead atoms. The smallest absolute Gasteiger partial charge is 0.240 e. The highest BCUT2D eigenvalue weighted by Crippen LogP contribution is 2.20. The molecule has 4 nitrogen and oxygen atoms in total. The number of carbonyl (C=O) groups is 1. The van der Waals surface area contributed by atoms with Gasteiger partial charge in [0.2, 0.25) is 5.91 Å². The van der Waals surface area contributed by atoms with Crippen LogP contribution in [0.2, 0.25) is 0 Å². The van der Waals surface area contributed by atoms with E-state index < -0.39 is 0 Å². The Morgan fingerprint density at radius 1 is 1.30 bits per heavy atom. The summed E-state index contributed by atoms with van der Waals surface area (Å²) < 4.78 is 5.33. The summed E-state index contributed by atoms with van der Waals surface area (Å²) in [6.07, 6.45) is 2.20. The first-order valence-corrected chi connectivity index (χ1v) is 9.02. The Morgan fingerprint density at radius 2 is 2.05 bits per heavy atom. The molecule has 20 heavy (non-hydrogen) atoms. The van der Waals surface area contributed by atoms with Crippen LogP contribution in [0.25, 0.3) is 0 Å². The summed E-state index contributed by atoms with van der Waals surface area (Å²) >= 11 is 2.01. The van der Waals surface area contributed by atoms with E-state index in [1.807, 2.05) is 16.7 Å². The largest absolute Gasteiger partial charge is 0.378 e. The molecule has 0 spiro atoms. The Balaban J connectivity index is 1.76. The van der Waals surface area contributed by atoms with Crippen LogP contribution in [0.3, 0.4) is 0 Å². The zero-order valence-corrected chi connectivity index (χ0v) is 13.7. The van der Waals surface area contributed by atoms with Gasteiger partial charge in [-0.05, 0) is 31.1 Å². The van der Waals surface area contributed by atoms with Gasteiger partial charge < -0.3 is 9.64 Å². The highest BCUT2D eigenvalue weighted by Gasteiger charge is 2.33. The summed E-state index contributed by atoms with van der Waals surface area (Å²) in [5, 5.41) is 0. The molecule has 2 fully saturated rings. The van der Waals surface area contributed by atoms with Gasteiger partial charge in [0.15, 0.2) is 0 Å². The molecule has 2 saturated heterocycles. The van der Waals surface area contributed by atoms with Gasteiger partial charge >= 0.3 is 0 Å². The normalized spacial score (nSPS) is 24.6. The van der Waals surface area contributed by atoms with E-state index in [4.69, 9.17) is 4.74 Å². The van der Waals surface area contributed by atoms with Crippen molar-refractivity contribution in [1.29, 1.82) is 0 Å². The second kappa shape index (κ2) is 8.25. The molecule has 2 heterocycles. The van der Waals surface area contributed by atoms with Crippen LogP contribution in [0.5, 0.6) is 0 Å². The third kappa shape index (κ3) is 4.64. The number of rotatable bonds is 6. The molecular weight excluding hydrogens is 272 g/mol. The predicted octanol–water partition coefficient (Wildman–Crippen LogP) is 1.70. The second-order valence-electron chi connectivity index (χ2n) is 6.10. The lowest BCUT2D eigenvalue weighted by atomic mass is 10.2. The van der Waals surface area contributed by atoms with E-state index in [0.29, 0.717) is 19.1 Å². The summed E-state index contributed by atoms with van der Waals surface area (Å²) in [4.78, 5) is 17.0. The molecule has 0 aromatic carbocycles. The molecule has 0 aromatic rings. The van der Waals surface area contributed by atoms with E-state index in [-0.39, 0.29) is 6.04 Å². The van der Waals surface area contributed by atoms with Gasteiger partial charge in [-0.3, -0.25) is 9.69 Å². The number of thioether (sulfide) groups is 1. The average molecular weight is 300 g/mol. The summed E-state index contributed by atoms with van der Waals surface area (Å²) in [5.41, 5.74) is 0. The van der Waals surface area contributed by atoms with E-state index in [2.05, 4.69) is 18.7 Å². The van der Waals surface area contributed by atoms with Crippen LogP contribution in [-0.2, 0) is 9.53 Å². The van der Waals surface area contributed by atoms with Crippen molar-refractivity contribution in [3.05, 3.63) is 0 Å². The van der Waals surface area contributed by atoms with Crippen molar-refractivity contribution in [2.45, 2.75) is 32.7 Å². The molecule has 0 N–H and O–H groups in total. The second-order valence-corrected chi connectivity index (χ2v) is 7.25. The fourth-order valence-corrected chi connectivity index (χ4v) is 3.87. The highest BCUT2D eigenvalue weighted by molar-refractivity contribution is 7.99. The maximum absolute atomic E-state index is 12.6. The number of nitrogens with zero attached hydrogens (tertiary/aromatic N) is 2. The third-order valence-corrected chi connectivity index (χ3v) is 5.32. The Morgan fingerprint density at radius 3 is 2.75 bits per heavy atom. The van der Waals surface area contributed by atoms with Crippen molar-refractivity contribution >= 4 is 17.7 Å². The molecule has 2 aliphatic heterocycles. The van der Waals surface area contributed by atoms with Gasteiger partial charge in [-0.2, -0.15) is 11.8 Å². The topological polar surface area (TPSA) is 32.8 Å². The van der Waals surface area contributed by atoms with E-state index in [1.165, 1.54) is 5.75 Å². The molecule has 2 rings (SSSR count). The Labute approximate surface area is 127 Å². The molecule has 0 aromatic heterocycles. The molecule has 2 aliphatic rings. The number of ether oxygens (including phenoxy) is 1. The van der Waals surface area contributed by atoms with Crippen molar-refractivity contribution in [3.8, 4) is 0 Å². The molecule has 1 atom stereocenters. The molecule has 0 saturated carbocycles. The zero-order chi connectivity index (χ0) is 14.4. The van der Waals surface area contributed by atoms with Gasteiger partial charge in [0.25, 0.3) is 0 Å². The van der Waals surface area contributed by atoms with Crippen molar-refractivity contribution in [1.82, 2.24) is 9.80 Å². The van der Waals surface area contributed by atoms with Gasteiger partial charge in [0.05, 0.1) is 19.3 Å². The van der Waals surface area contributed by atoms with Crippen LogP contribution in [-0.4, -0.2) is 72.6 Å². The minimum absolute atomic E-state index is 0.132. The average Bonchev–Trinajstić information content (AvgIpc) is 2.92. The fourth-order valence-electron chi connectivity index (χ4n) is 2.87. The summed E-state index contributed by atoms with van der Waals surface area (Å²) in [5.74, 6) is 3.45. The van der Waals surface area contributed by atoms with Crippen LogP contribution < -0.4 is 0 Å². The van der Waals surface area contributed by atoms with E-state index >= 15 is 0 Å². The lowest BCUT2D eigenvalue weighted by Crippen LogP contribution is -2.50. The Bertz CT molecular complexity index is 306. The minimum atomic E-state index is 0.132. The molecule has 0 aliphatic carbocycles. The van der Waals surface area contributed by atoms with Gasteiger partial charge in [0, 0.05) is 25.4 Å². The minimum Gasteiger partial charge on any atom is -0.378 e. The van der Waals surface area contributed by atoms with Crippen LogP contribution in [0.1, 0.15) is 26.7 Å². The quantitative estimate of drug-likeness (QED) is 0.699. The lowest BCUT2D eigenvalue weighted by Gasteiger charge is -2.32. The summed E-state index contributed by atoms with van der Waals surface area (Å²) in [7, 11) is 0. The lowest BCUT2D eigenvalue weighted by molar-refractivity contribution is -0.140. The van der Waals surface area contributed by atoms with Gasteiger partial charge in [-0.15, -0.1) is 0 Å². The van der Waals surface area contributed by atoms with Crippen molar-refractivity contribution in [3.63, 3.8) is 0 Å². The van der Waals surface area contributed by atoms with Crippen LogP contribution in [0.15, 0.2) is 0 Å². The predicted molar refractivity (Wildman–Crippen MR) is 84.2 cm³/mol. The van der Waals surface area contributed by atoms with Crippen LogP contribution in [0.4, 0.5) is 0 Å². The molecule has 116 valence electrons. The first kappa shape index (κ1) is 16.1. The summed E-state index contributed by atoms with van der Waals surface area (Å²) in [6.45, 7) is 9.59. The van der Waals surface area contributed by atoms with Crippen molar-refractivity contribution < 1.29 is 9.53 Å². The van der Waals surface area contributed by atoms with Gasteiger partial charge in [-0.25, -0.2) is 0 Å². The zero-order valence-electron chi connectivity index (χ0n) is 12.8. The number of morpholine rings is 1. The summed E-state index contributed by atoms with van der Waals surface area (Å²) in [6, 6.07) is 0.132. The molecule has 0 unspecified atom stereocenters. The van der Waals surface area contributed by atoms with E-state index in [9.17, 15) is 4.79 Å². The number of carbonyl (C=O) groups excluding carboxylic acids is 1. The molecule has 0 radical (unpaired) electrons. The van der Waals surface area contributed by atoms with Crippen LogP contribution >= 0.6 is 11.8 Å². The first-order chi connectivity index (χ1) is 9.68. The van der Waals surface area contributed by atoms with Crippen LogP contribution in [0, 0.1) is 5.92 Å². The maximum atomic E-state index is 12.6. The van der Waals surface area contributed by atoms with Crippen molar-refractivity contribution in [2.24, 2.45) is 5.92 Å². The molecule has 5 heteroatoms. The maximum Gasteiger partial charge on any atom is 0.240 e. The van der Waals surface area contributed by atoms with E-state index in [0.717, 1.165) is 50.7 Å². The van der Waals surface area contributed by atoms with Gasteiger partial charge in [-0.1, -0.05) is 13.8 Å². The number of likely N-dealkylation sites (tertiary alicyclic amines) is 1. The SMILES string of the molecule is CC(C)CSCCN1CCC[C@@H]1C(=O)N1CCOCC1. The number of hydrogen-bond donors (Lipinski definition) is 0. The molecule has 1 amide bonds. The van der Waals surface area contributed by atoms with Crippen molar-refractivity contribution in [2.75, 3.05) is 50.9 Å². The number of amides is 1.